The zero-order valence-electron chi connectivity index (χ0n) is 23.9. The van der Waals surface area contributed by atoms with Gasteiger partial charge in [-0.3, -0.25) is 16.2 Å². The van der Waals surface area contributed by atoms with Gasteiger partial charge >= 0.3 is 12.1 Å². The van der Waals surface area contributed by atoms with E-state index in [1.807, 2.05) is 33.0 Å². The second-order valence-corrected chi connectivity index (χ2v) is 12.1. The SMILES string of the molecule is [CH2-]N(CCN([CH-]C)C(=O)OC(C)(C)C)C[C@@H](Oc1cc(C)c(C(=O)O)cc1S(C)=O)c1ccc(C2CC2)cn1.[Lr]. The maximum atomic E-state index is 12.5. The molecule has 229 valence electrons. The summed E-state index contributed by atoms with van der Waals surface area (Å²) in [5, 5.41) is 9.54. The van der Waals surface area contributed by atoms with Crippen molar-refractivity contribution < 1.29 is 28.4 Å². The van der Waals surface area contributed by atoms with Crippen LogP contribution in [0.4, 0.5) is 4.79 Å². The molecule has 0 bridgehead atoms. The van der Waals surface area contributed by atoms with Crippen molar-refractivity contribution in [3.63, 3.8) is 0 Å². The Balaban J connectivity index is 0.00000560. The van der Waals surface area contributed by atoms with Crippen molar-refractivity contribution in [3.8, 4) is 5.75 Å². The molecular formula is C29H39LrN3O6S-2. The number of carbonyl (C=O) groups excluding carboxylic acids is 1. The normalized spacial score (nSPS) is 14.7. The fourth-order valence-corrected chi connectivity index (χ4v) is 4.71. The summed E-state index contributed by atoms with van der Waals surface area (Å²) in [4.78, 5) is 32.4. The fraction of sp³-hybridized carbons (Fsp3) is 0.483. The number of hydrogen-bond donors (Lipinski definition) is 1. The van der Waals surface area contributed by atoms with Gasteiger partial charge in [-0.15, -0.1) is 0 Å². The molecule has 1 aromatic heterocycles. The molecule has 11 heteroatoms. The maximum absolute atomic E-state index is 12.5. The fourth-order valence-electron chi connectivity index (χ4n) is 4.04. The molecule has 0 saturated heterocycles. The summed E-state index contributed by atoms with van der Waals surface area (Å²) in [6.45, 7) is 11.7. The summed E-state index contributed by atoms with van der Waals surface area (Å²) in [5.74, 6) is -0.201. The summed E-state index contributed by atoms with van der Waals surface area (Å²) < 4.78 is 24.4. The molecule has 40 heavy (non-hydrogen) atoms. The number of aromatic carboxylic acids is 1. The molecule has 3 rings (SSSR count). The van der Waals surface area contributed by atoms with Gasteiger partial charge in [-0.1, -0.05) is 6.07 Å². The summed E-state index contributed by atoms with van der Waals surface area (Å²) in [6.07, 6.45) is 4.65. The van der Waals surface area contributed by atoms with Crippen LogP contribution < -0.4 is 4.74 Å². The summed E-state index contributed by atoms with van der Waals surface area (Å²) >= 11 is 0. The second-order valence-electron chi connectivity index (χ2n) is 10.8. The molecule has 1 radical (unpaired) electrons. The number of carboxylic acid groups (broad SMARTS) is 1. The standard InChI is InChI=1S/C29H39N3O6S.Lr/c1-8-32(28(35)38-29(3,4)5)14-13-31(6)18-25(23-12-11-21(17-30-23)20-9-10-20)37-24-15-19(2)22(27(33)34)16-26(24)39(7)36;/h8,11-12,15-17,20,25H,6,9-10,13-14,18H2,1-5,7H3,(H,33,34);/q-2;/t25-,39?;/m1./s1. The predicted octanol–water partition coefficient (Wildman–Crippen LogP) is 5.34. The average molecular weight is 820 g/mol. The summed E-state index contributed by atoms with van der Waals surface area (Å²) in [6, 6.07) is 6.99. The Morgan fingerprint density at radius 1 is 1.25 bits per heavy atom. The Hall–Kier alpha value is -3.98. The zero-order valence-corrected chi connectivity index (χ0v) is 26.8. The smallest absolute Gasteiger partial charge is 0.380 e. The van der Waals surface area contributed by atoms with E-state index in [2.05, 4.69) is 18.1 Å². The first kappa shape index (κ1) is 32.2. The first-order valence-corrected chi connectivity index (χ1v) is 14.5. The van der Waals surface area contributed by atoms with Gasteiger partial charge in [0.05, 0.1) is 27.0 Å². The van der Waals surface area contributed by atoms with Crippen LogP contribution in [0.5, 0.6) is 5.75 Å². The van der Waals surface area contributed by atoms with Crippen LogP contribution >= 0.6 is 0 Å². The van der Waals surface area contributed by atoms with Crippen molar-refractivity contribution in [3.05, 3.63) is 66.4 Å². The minimum absolute atomic E-state index is 0. The number of aryl methyl sites for hydroxylation is 1. The predicted molar refractivity (Wildman–Crippen MR) is 150 cm³/mol. The Bertz CT molecular complexity index is 1200. The van der Waals surface area contributed by atoms with Crippen LogP contribution in [0.3, 0.4) is 0 Å². The van der Waals surface area contributed by atoms with Crippen LogP contribution in [-0.2, 0) is 15.5 Å². The molecule has 0 spiro atoms. The summed E-state index contributed by atoms with van der Waals surface area (Å²) in [7, 11) is 2.66. The molecule has 1 aliphatic carbocycles. The van der Waals surface area contributed by atoms with Crippen molar-refractivity contribution in [2.75, 3.05) is 25.9 Å². The number of rotatable bonds is 12. The third-order valence-corrected chi connectivity index (χ3v) is 7.25. The van der Waals surface area contributed by atoms with Gasteiger partial charge in [0.1, 0.15) is 11.4 Å². The van der Waals surface area contributed by atoms with Gasteiger partial charge in [-0.2, -0.15) is 6.92 Å². The molecule has 1 heterocycles. The van der Waals surface area contributed by atoms with Crippen LogP contribution in [0.2, 0.25) is 0 Å². The quantitative estimate of drug-likeness (QED) is 0.287. The molecule has 1 unspecified atom stereocenters. The Kier molecular flexibility index (Phi) is 10.8. The van der Waals surface area contributed by atoms with Crippen molar-refractivity contribution in [1.82, 2.24) is 14.8 Å². The topological polar surface area (TPSA) is 109 Å². The van der Waals surface area contributed by atoms with Gasteiger partial charge in [0.2, 0.25) is 0 Å². The molecule has 1 aromatic carbocycles. The van der Waals surface area contributed by atoms with Gasteiger partial charge < -0.3 is 24.4 Å². The van der Waals surface area contributed by atoms with E-state index in [1.54, 1.807) is 31.4 Å². The number of benzene rings is 1. The third-order valence-electron chi connectivity index (χ3n) is 6.31. The van der Waals surface area contributed by atoms with Crippen molar-refractivity contribution >= 4 is 22.9 Å². The molecule has 1 N–H and O–H groups in total. The molecular weight excluding hydrogens is 780 g/mol. The first-order chi connectivity index (χ1) is 18.3. The van der Waals surface area contributed by atoms with Crippen LogP contribution in [0.25, 0.3) is 0 Å². The molecule has 1 aliphatic rings. The van der Waals surface area contributed by atoms with E-state index in [9.17, 15) is 18.9 Å². The van der Waals surface area contributed by atoms with E-state index in [-0.39, 0.29) is 5.56 Å². The molecule has 2 aromatic rings. The Labute approximate surface area is 234 Å². The van der Waals surface area contributed by atoms with E-state index in [4.69, 9.17) is 9.47 Å². The first-order valence-electron chi connectivity index (χ1n) is 13.0. The molecule has 1 fully saturated rings. The van der Waals surface area contributed by atoms with E-state index in [0.29, 0.717) is 47.5 Å². The van der Waals surface area contributed by atoms with E-state index < -0.39 is 34.6 Å². The second kappa shape index (κ2) is 13.4. The van der Waals surface area contributed by atoms with Crippen molar-refractivity contribution in [1.29, 1.82) is 0 Å². The largest absolute Gasteiger partial charge is 0.482 e. The molecule has 2 atom stereocenters. The van der Waals surface area contributed by atoms with E-state index >= 15 is 0 Å². The maximum Gasteiger partial charge on any atom is 0.380 e. The Morgan fingerprint density at radius 2 is 1.93 bits per heavy atom. The van der Waals surface area contributed by atoms with E-state index in [1.165, 1.54) is 22.8 Å². The third kappa shape index (κ3) is 8.77. The van der Waals surface area contributed by atoms with Gasteiger partial charge in [-0.25, -0.2) is 16.1 Å². The van der Waals surface area contributed by atoms with Gasteiger partial charge in [0.25, 0.3) is 0 Å². The van der Waals surface area contributed by atoms with Gasteiger partial charge in [0, 0.05) is 25.5 Å². The van der Waals surface area contributed by atoms with E-state index in [0.717, 1.165) is 12.8 Å². The van der Waals surface area contributed by atoms with Crippen molar-refractivity contribution in [2.24, 2.45) is 0 Å². The molecule has 1 saturated carbocycles. The van der Waals surface area contributed by atoms with Crippen molar-refractivity contribution in [2.45, 2.75) is 70.0 Å². The van der Waals surface area contributed by atoms with Gasteiger partial charge in [-0.05, 0) is 82.3 Å². The number of carbonyl (C=O) groups is 2. The average Bonchev–Trinajstić information content (AvgIpc) is 3.68. The minimum atomic E-state index is -1.49. The summed E-state index contributed by atoms with van der Waals surface area (Å²) in [5.41, 5.74) is 1.83. The Morgan fingerprint density at radius 3 is 2.42 bits per heavy atom. The van der Waals surface area contributed by atoms with Crippen LogP contribution in [0.1, 0.15) is 79.7 Å². The minimum Gasteiger partial charge on any atom is -0.482 e. The number of hydrogen-bond acceptors (Lipinski definition) is 7. The molecule has 9 nitrogen and oxygen atoms in total. The van der Waals surface area contributed by atoms with Crippen LogP contribution in [0, 0.1) is 20.5 Å². The number of carboxylic acids is 1. The molecule has 1 amide bonds. The number of amides is 1. The number of aromatic nitrogens is 1. The van der Waals surface area contributed by atoms with Crippen LogP contribution in [-0.4, -0.2) is 67.7 Å². The zero-order chi connectivity index (χ0) is 28.9. The number of nitrogens with zero attached hydrogens (tertiary/aromatic N) is 3. The molecule has 0 aliphatic heterocycles. The van der Waals surface area contributed by atoms with Crippen LogP contribution in [0.15, 0.2) is 35.4 Å². The van der Waals surface area contributed by atoms with Gasteiger partial charge in [0.15, 0.2) is 6.10 Å². The number of pyridine rings is 1. The number of ether oxygens (including phenoxy) is 2. The monoisotopic (exact) mass is 819 g/mol.